The summed E-state index contributed by atoms with van der Waals surface area (Å²) in [5.41, 5.74) is 5.24. The molecule has 1 amide bonds. The summed E-state index contributed by atoms with van der Waals surface area (Å²) in [4.78, 5) is 25.0. The second kappa shape index (κ2) is 9.87. The lowest BCUT2D eigenvalue weighted by Crippen LogP contribution is -2.24. The van der Waals surface area contributed by atoms with Gasteiger partial charge in [0.2, 0.25) is 0 Å². The number of rotatable bonds is 7. The van der Waals surface area contributed by atoms with Gasteiger partial charge in [0.1, 0.15) is 11.6 Å². The average Bonchev–Trinajstić information content (AvgIpc) is 3.15. The number of hydrogen-bond acceptors (Lipinski definition) is 4. The molecular weight excluding hydrogens is 433 g/mol. The monoisotopic (exact) mass is 459 g/mol. The third-order valence-corrected chi connectivity index (χ3v) is 5.87. The van der Waals surface area contributed by atoms with Gasteiger partial charge in [0.05, 0.1) is 30.3 Å². The maximum absolute atomic E-state index is 13.4. The largest absolute Gasteiger partial charge is 0.496 e. The normalized spacial score (nSPS) is 12.8. The lowest BCUT2D eigenvalue weighted by atomic mass is 10.0. The molecule has 0 radical (unpaired) electrons. The van der Waals surface area contributed by atoms with Gasteiger partial charge in [0, 0.05) is 17.7 Å². The highest BCUT2D eigenvalue weighted by Gasteiger charge is 2.22. The fourth-order valence-electron chi connectivity index (χ4n) is 3.96. The maximum Gasteiger partial charge on any atom is 0.251 e. The number of halogens is 1. The number of ketones is 1. The van der Waals surface area contributed by atoms with Crippen molar-refractivity contribution in [2.45, 2.75) is 33.2 Å². The van der Waals surface area contributed by atoms with Crippen molar-refractivity contribution in [3.63, 3.8) is 0 Å². The van der Waals surface area contributed by atoms with Crippen LogP contribution < -0.4 is 10.1 Å². The molecule has 1 aliphatic rings. The van der Waals surface area contributed by atoms with Gasteiger partial charge in [-0.05, 0) is 67.8 Å². The number of aromatic nitrogens is 2. The summed E-state index contributed by atoms with van der Waals surface area (Å²) in [5, 5.41) is 7.46. The van der Waals surface area contributed by atoms with Crippen LogP contribution in [0.25, 0.3) is 17.3 Å². The Kier molecular flexibility index (Phi) is 6.72. The average molecular weight is 460 g/mol. The van der Waals surface area contributed by atoms with Crippen LogP contribution in [0.5, 0.6) is 5.75 Å². The molecule has 7 heteroatoms. The molecule has 1 N–H and O–H groups in total. The van der Waals surface area contributed by atoms with Crippen LogP contribution in [0.15, 0.2) is 60.3 Å². The van der Waals surface area contributed by atoms with Gasteiger partial charge in [-0.1, -0.05) is 24.6 Å². The third kappa shape index (κ3) is 4.69. The van der Waals surface area contributed by atoms with Crippen LogP contribution in [0, 0.1) is 5.82 Å². The van der Waals surface area contributed by atoms with Gasteiger partial charge in [0.25, 0.3) is 5.91 Å². The molecule has 0 bridgehead atoms. The van der Waals surface area contributed by atoms with Crippen molar-refractivity contribution >= 4 is 23.3 Å². The smallest absolute Gasteiger partial charge is 0.251 e. The first-order valence-electron chi connectivity index (χ1n) is 11.1. The second-order valence-corrected chi connectivity index (χ2v) is 8.08. The van der Waals surface area contributed by atoms with E-state index in [1.807, 2.05) is 12.2 Å². The zero-order chi connectivity index (χ0) is 24.2. The minimum absolute atomic E-state index is 0.0824. The Morgan fingerprint density at radius 1 is 1.18 bits per heavy atom. The minimum atomic E-state index is -0.320. The molecule has 0 aliphatic heterocycles. The molecule has 1 aliphatic carbocycles. The van der Waals surface area contributed by atoms with E-state index in [9.17, 15) is 14.0 Å². The molecule has 1 aromatic heterocycles. The summed E-state index contributed by atoms with van der Waals surface area (Å²) < 4.78 is 20.5. The fraction of sp³-hybridized carbons (Fsp3) is 0.222. The topological polar surface area (TPSA) is 73.2 Å². The molecule has 2 aromatic carbocycles. The standard InChI is InChI=1S/C27H26FN3O3/c1-4-18-5-12-23(24-16-30-31(25(24)13-18)21-9-7-20(28)8-10-21)27(33)29-15-19-6-11-22(17(2)32)26(14-19)34-3/h6-14,16H,4-5,15H2,1-3H3,(H,29,33). The number of carbonyl (C=O) groups is 2. The molecular formula is C27H26FN3O3. The van der Waals surface area contributed by atoms with Crippen molar-refractivity contribution < 1.29 is 18.7 Å². The summed E-state index contributed by atoms with van der Waals surface area (Å²) >= 11 is 0. The quantitative estimate of drug-likeness (QED) is 0.498. The van der Waals surface area contributed by atoms with Gasteiger partial charge >= 0.3 is 0 Å². The summed E-state index contributed by atoms with van der Waals surface area (Å²) in [5.74, 6) is -0.145. The van der Waals surface area contributed by atoms with Crippen LogP contribution >= 0.6 is 0 Å². The van der Waals surface area contributed by atoms with Crippen LogP contribution in [-0.4, -0.2) is 28.6 Å². The molecule has 0 fully saturated rings. The number of amides is 1. The number of Topliss-reactive ketones (excluding diaryl/α,β-unsaturated/α-hetero) is 1. The number of ether oxygens (including phenoxy) is 1. The maximum atomic E-state index is 13.4. The zero-order valence-electron chi connectivity index (χ0n) is 19.4. The van der Waals surface area contributed by atoms with Crippen LogP contribution in [-0.2, 0) is 11.3 Å². The van der Waals surface area contributed by atoms with Crippen LogP contribution in [0.1, 0.15) is 53.9 Å². The van der Waals surface area contributed by atoms with Gasteiger partial charge in [-0.3, -0.25) is 9.59 Å². The molecule has 6 nitrogen and oxygen atoms in total. The van der Waals surface area contributed by atoms with E-state index in [1.54, 1.807) is 41.2 Å². The Morgan fingerprint density at radius 3 is 2.62 bits per heavy atom. The number of benzene rings is 2. The number of methoxy groups -OCH3 is 1. The van der Waals surface area contributed by atoms with E-state index in [4.69, 9.17) is 4.74 Å². The predicted octanol–water partition coefficient (Wildman–Crippen LogP) is 5.12. The van der Waals surface area contributed by atoms with Crippen LogP contribution in [0.3, 0.4) is 0 Å². The Balaban J connectivity index is 1.61. The first kappa shape index (κ1) is 23.2. The summed E-state index contributed by atoms with van der Waals surface area (Å²) in [6.07, 6.45) is 7.13. The van der Waals surface area contributed by atoms with Crippen molar-refractivity contribution in [2.24, 2.45) is 0 Å². The molecule has 0 unspecified atom stereocenters. The van der Waals surface area contributed by atoms with E-state index in [2.05, 4.69) is 17.3 Å². The van der Waals surface area contributed by atoms with Gasteiger partial charge in [-0.25, -0.2) is 9.07 Å². The number of nitrogens with zero attached hydrogens (tertiary/aromatic N) is 2. The van der Waals surface area contributed by atoms with Gasteiger partial charge in [-0.15, -0.1) is 0 Å². The molecule has 0 spiro atoms. The van der Waals surface area contributed by atoms with Crippen LogP contribution in [0.2, 0.25) is 0 Å². The van der Waals surface area contributed by atoms with Gasteiger partial charge < -0.3 is 10.1 Å². The molecule has 1 heterocycles. The van der Waals surface area contributed by atoms with Gasteiger partial charge in [-0.2, -0.15) is 5.10 Å². The van der Waals surface area contributed by atoms with Gasteiger partial charge in [0.15, 0.2) is 5.78 Å². The highest BCUT2D eigenvalue weighted by Crippen LogP contribution is 2.30. The van der Waals surface area contributed by atoms with E-state index < -0.39 is 0 Å². The summed E-state index contributed by atoms with van der Waals surface area (Å²) in [6.45, 7) is 3.83. The third-order valence-electron chi connectivity index (χ3n) is 5.87. The van der Waals surface area contributed by atoms with Crippen molar-refractivity contribution in [1.82, 2.24) is 15.1 Å². The van der Waals surface area contributed by atoms with Crippen molar-refractivity contribution in [3.8, 4) is 11.4 Å². The first-order chi connectivity index (χ1) is 16.4. The van der Waals surface area contributed by atoms with E-state index >= 15 is 0 Å². The lowest BCUT2D eigenvalue weighted by Gasteiger charge is -2.11. The van der Waals surface area contributed by atoms with Crippen LogP contribution in [0.4, 0.5) is 4.39 Å². The fourth-order valence-corrected chi connectivity index (χ4v) is 3.96. The molecule has 174 valence electrons. The summed E-state index contributed by atoms with van der Waals surface area (Å²) in [6, 6.07) is 11.4. The van der Waals surface area contributed by atoms with E-state index in [-0.39, 0.29) is 24.1 Å². The Labute approximate surface area is 197 Å². The number of hydrogen-bond donors (Lipinski definition) is 1. The van der Waals surface area contributed by atoms with Crippen molar-refractivity contribution in [2.75, 3.05) is 7.11 Å². The lowest BCUT2D eigenvalue weighted by molar-refractivity contribution is -0.115. The number of nitrogens with one attached hydrogen (secondary N) is 1. The number of fused-ring (bicyclic) bond motifs is 1. The molecule has 0 saturated heterocycles. The van der Waals surface area contributed by atoms with E-state index in [0.717, 1.165) is 28.8 Å². The Bertz CT molecular complexity index is 1300. The molecule has 0 atom stereocenters. The molecule has 34 heavy (non-hydrogen) atoms. The zero-order valence-corrected chi connectivity index (χ0v) is 19.4. The Morgan fingerprint density at radius 2 is 1.94 bits per heavy atom. The molecule has 3 aromatic rings. The highest BCUT2D eigenvalue weighted by molar-refractivity contribution is 6.20. The first-order valence-corrected chi connectivity index (χ1v) is 11.1. The number of allylic oxidation sites excluding steroid dienone is 2. The minimum Gasteiger partial charge on any atom is -0.496 e. The number of carbonyl (C=O) groups excluding carboxylic acids is 2. The summed E-state index contributed by atoms with van der Waals surface area (Å²) in [7, 11) is 1.51. The Hall–Kier alpha value is -4.00. The van der Waals surface area contributed by atoms with E-state index in [1.165, 1.54) is 26.2 Å². The molecule has 0 saturated carbocycles. The van der Waals surface area contributed by atoms with E-state index in [0.29, 0.717) is 29.0 Å². The molecule has 4 rings (SSSR count). The highest BCUT2D eigenvalue weighted by atomic mass is 19.1. The predicted molar refractivity (Wildman–Crippen MR) is 129 cm³/mol. The van der Waals surface area contributed by atoms with Crippen molar-refractivity contribution in [3.05, 3.63) is 88.5 Å². The second-order valence-electron chi connectivity index (χ2n) is 8.08. The van der Waals surface area contributed by atoms with Crippen molar-refractivity contribution in [1.29, 1.82) is 0 Å². The SMILES string of the molecule is CCC1=Cc2c(cnn2-c2ccc(F)cc2)C(C(=O)NCc2ccc(C(C)=O)c(OC)c2)=CC1.